The fraction of sp³-hybridized carbons (Fsp3) is 0.667. The van der Waals surface area contributed by atoms with Crippen molar-refractivity contribution in [1.29, 1.82) is 0 Å². The van der Waals surface area contributed by atoms with Crippen molar-refractivity contribution in [3.63, 3.8) is 0 Å². The number of anilines is 1. The number of nitrogens with zero attached hydrogens (tertiary/aromatic N) is 2. The minimum atomic E-state index is -0.172. The number of hydrazine groups is 1. The Morgan fingerprint density at radius 2 is 1.75 bits per heavy atom. The van der Waals surface area contributed by atoms with Crippen LogP contribution in [0.3, 0.4) is 0 Å². The molecule has 1 aromatic rings. The van der Waals surface area contributed by atoms with Crippen molar-refractivity contribution in [1.82, 2.24) is 5.01 Å². The van der Waals surface area contributed by atoms with Crippen molar-refractivity contribution in [3.05, 3.63) is 29.8 Å². The molecule has 2 saturated carbocycles. The topological polar surface area (TPSA) is 23.6 Å². The Morgan fingerprint density at radius 1 is 1.00 bits per heavy atom. The van der Waals surface area contributed by atoms with E-state index in [9.17, 15) is 4.79 Å². The van der Waals surface area contributed by atoms with Crippen LogP contribution in [0, 0.1) is 11.3 Å². The zero-order chi connectivity index (χ0) is 16.7. The van der Waals surface area contributed by atoms with Crippen LogP contribution in [0.2, 0.25) is 0 Å². The number of fused-ring (bicyclic) bond motifs is 1. The van der Waals surface area contributed by atoms with Gasteiger partial charge in [-0.2, -0.15) is 0 Å². The molecule has 0 saturated heterocycles. The third kappa shape index (κ3) is 2.24. The van der Waals surface area contributed by atoms with Crippen molar-refractivity contribution in [2.75, 3.05) is 19.1 Å². The Kier molecular flexibility index (Phi) is 4.16. The molecule has 2 fully saturated rings. The SMILES string of the molecule is CN1c2ccccc2C(C2(C3CCCCC3)CCCCC2=O)N1C. The second-order valence-electron chi connectivity index (χ2n) is 8.06. The molecule has 1 aliphatic heterocycles. The molecule has 4 rings (SSSR count). The van der Waals surface area contributed by atoms with Crippen LogP contribution in [-0.4, -0.2) is 24.9 Å². The molecule has 3 nitrogen and oxygen atoms in total. The molecule has 0 aromatic heterocycles. The maximum absolute atomic E-state index is 13.4. The Labute approximate surface area is 146 Å². The van der Waals surface area contributed by atoms with Crippen LogP contribution in [0.25, 0.3) is 0 Å². The molecule has 24 heavy (non-hydrogen) atoms. The highest BCUT2D eigenvalue weighted by Gasteiger charge is 2.56. The predicted molar refractivity (Wildman–Crippen MR) is 97.8 cm³/mol. The van der Waals surface area contributed by atoms with Crippen LogP contribution in [0.5, 0.6) is 0 Å². The van der Waals surface area contributed by atoms with Gasteiger partial charge in [0.2, 0.25) is 0 Å². The lowest BCUT2D eigenvalue weighted by molar-refractivity contribution is -0.142. The monoisotopic (exact) mass is 326 g/mol. The Balaban J connectivity index is 1.83. The maximum Gasteiger partial charge on any atom is 0.141 e. The van der Waals surface area contributed by atoms with Gasteiger partial charge in [0.05, 0.1) is 17.1 Å². The van der Waals surface area contributed by atoms with E-state index in [1.165, 1.54) is 49.8 Å². The van der Waals surface area contributed by atoms with Gasteiger partial charge >= 0.3 is 0 Å². The van der Waals surface area contributed by atoms with E-state index in [-0.39, 0.29) is 11.5 Å². The van der Waals surface area contributed by atoms with Crippen LogP contribution in [0.4, 0.5) is 5.69 Å². The number of hydrogen-bond donors (Lipinski definition) is 0. The van der Waals surface area contributed by atoms with E-state index in [4.69, 9.17) is 0 Å². The lowest BCUT2D eigenvalue weighted by Crippen LogP contribution is -2.52. The van der Waals surface area contributed by atoms with E-state index in [1.807, 2.05) is 0 Å². The molecule has 2 aliphatic carbocycles. The maximum atomic E-state index is 13.4. The fourth-order valence-electron chi connectivity index (χ4n) is 5.81. The molecule has 1 heterocycles. The van der Waals surface area contributed by atoms with Crippen molar-refractivity contribution in [2.45, 2.75) is 63.8 Å². The summed E-state index contributed by atoms with van der Waals surface area (Å²) in [4.78, 5) is 13.4. The van der Waals surface area contributed by atoms with Gasteiger partial charge in [0.1, 0.15) is 5.78 Å². The molecule has 0 N–H and O–H groups in total. The highest BCUT2D eigenvalue weighted by atomic mass is 16.1. The Morgan fingerprint density at radius 3 is 2.50 bits per heavy atom. The van der Waals surface area contributed by atoms with E-state index in [0.29, 0.717) is 11.7 Å². The molecule has 2 atom stereocenters. The summed E-state index contributed by atoms with van der Waals surface area (Å²) in [5, 5.41) is 4.61. The first-order chi connectivity index (χ1) is 11.7. The summed E-state index contributed by atoms with van der Waals surface area (Å²) in [6.45, 7) is 0. The number of benzene rings is 1. The molecule has 2 unspecified atom stereocenters. The number of rotatable bonds is 2. The van der Waals surface area contributed by atoms with E-state index < -0.39 is 0 Å². The number of carbonyl (C=O) groups excluding carboxylic acids is 1. The van der Waals surface area contributed by atoms with Gasteiger partial charge in [-0.25, -0.2) is 5.01 Å². The first-order valence-corrected chi connectivity index (χ1v) is 9.75. The number of ketones is 1. The van der Waals surface area contributed by atoms with Crippen molar-refractivity contribution < 1.29 is 4.79 Å². The molecule has 0 spiro atoms. The summed E-state index contributed by atoms with van der Waals surface area (Å²) >= 11 is 0. The van der Waals surface area contributed by atoms with E-state index in [0.717, 1.165) is 19.3 Å². The molecule has 0 amide bonds. The van der Waals surface area contributed by atoms with Crippen LogP contribution in [-0.2, 0) is 4.79 Å². The van der Waals surface area contributed by atoms with Gasteiger partial charge in [-0.3, -0.25) is 4.79 Å². The fourth-order valence-corrected chi connectivity index (χ4v) is 5.81. The zero-order valence-electron chi connectivity index (χ0n) is 15.1. The van der Waals surface area contributed by atoms with E-state index in [1.54, 1.807) is 0 Å². The van der Waals surface area contributed by atoms with Gasteiger partial charge in [0, 0.05) is 20.5 Å². The largest absolute Gasteiger partial charge is 0.308 e. The highest BCUT2D eigenvalue weighted by Crippen LogP contribution is 2.58. The lowest BCUT2D eigenvalue weighted by Gasteiger charge is -2.50. The third-order valence-corrected chi connectivity index (χ3v) is 7.01. The van der Waals surface area contributed by atoms with Crippen LogP contribution < -0.4 is 5.01 Å². The Bertz CT molecular complexity index is 622. The van der Waals surface area contributed by atoms with Crippen LogP contribution >= 0.6 is 0 Å². The highest BCUT2D eigenvalue weighted by molar-refractivity contribution is 5.87. The van der Waals surface area contributed by atoms with Gasteiger partial charge in [-0.05, 0) is 43.2 Å². The lowest BCUT2D eigenvalue weighted by atomic mass is 9.56. The van der Waals surface area contributed by atoms with E-state index >= 15 is 0 Å². The van der Waals surface area contributed by atoms with Gasteiger partial charge in [-0.1, -0.05) is 43.9 Å². The minimum absolute atomic E-state index is 0.172. The van der Waals surface area contributed by atoms with Crippen molar-refractivity contribution >= 4 is 11.5 Å². The third-order valence-electron chi connectivity index (χ3n) is 7.01. The van der Waals surface area contributed by atoms with Crippen LogP contribution in [0.1, 0.15) is 69.4 Å². The molecule has 1 aromatic carbocycles. The summed E-state index contributed by atoms with van der Waals surface area (Å²) in [7, 11) is 4.32. The number of carbonyl (C=O) groups is 1. The smallest absolute Gasteiger partial charge is 0.141 e. The molecule has 0 bridgehead atoms. The number of Topliss-reactive ketones (excluding diaryl/α,β-unsaturated/α-hetero) is 1. The molecular formula is C21H30N2O. The first kappa shape index (κ1) is 16.1. The summed E-state index contributed by atoms with van der Waals surface area (Å²) in [5.74, 6) is 1.11. The summed E-state index contributed by atoms with van der Waals surface area (Å²) in [6, 6.07) is 8.93. The molecular weight excluding hydrogens is 296 g/mol. The van der Waals surface area contributed by atoms with E-state index in [2.05, 4.69) is 48.4 Å². The molecule has 3 aliphatic rings. The molecule has 0 radical (unpaired) electrons. The van der Waals surface area contributed by atoms with Crippen LogP contribution in [0.15, 0.2) is 24.3 Å². The van der Waals surface area contributed by atoms with Crippen molar-refractivity contribution in [2.24, 2.45) is 11.3 Å². The van der Waals surface area contributed by atoms with Gasteiger partial charge in [0.15, 0.2) is 0 Å². The van der Waals surface area contributed by atoms with Gasteiger partial charge in [0.25, 0.3) is 0 Å². The number of hydrogen-bond acceptors (Lipinski definition) is 3. The summed E-state index contributed by atoms with van der Waals surface area (Å²) in [5.41, 5.74) is 2.47. The second-order valence-corrected chi connectivity index (χ2v) is 8.06. The van der Waals surface area contributed by atoms with Gasteiger partial charge < -0.3 is 5.01 Å². The summed E-state index contributed by atoms with van der Waals surface area (Å²) in [6.07, 6.45) is 10.6. The quantitative estimate of drug-likeness (QED) is 0.784. The van der Waals surface area contributed by atoms with Gasteiger partial charge in [-0.15, -0.1) is 0 Å². The molecule has 130 valence electrons. The average Bonchev–Trinajstić information content (AvgIpc) is 2.88. The second kappa shape index (κ2) is 6.18. The number of para-hydroxylation sites is 1. The zero-order valence-corrected chi connectivity index (χ0v) is 15.1. The average molecular weight is 326 g/mol. The standard InChI is InChI=1S/C21H30N2O/c1-22-18-13-7-6-12-17(18)20(23(22)2)21(15-9-8-14-19(21)24)16-10-4-3-5-11-16/h6-7,12-13,16,20H,3-5,8-11,14-15H2,1-2H3. The normalized spacial score (nSPS) is 32.2. The Hall–Kier alpha value is -1.35. The minimum Gasteiger partial charge on any atom is -0.308 e. The summed E-state index contributed by atoms with van der Waals surface area (Å²) < 4.78 is 0. The molecule has 3 heteroatoms. The van der Waals surface area contributed by atoms with Crippen molar-refractivity contribution in [3.8, 4) is 0 Å². The predicted octanol–water partition coefficient (Wildman–Crippen LogP) is 4.73. The first-order valence-electron chi connectivity index (χ1n) is 9.75.